The molecule has 0 saturated carbocycles. The Morgan fingerprint density at radius 2 is 2.54 bits per heavy atom. The van der Waals surface area contributed by atoms with Gasteiger partial charge in [-0.2, -0.15) is 0 Å². The van der Waals surface area contributed by atoms with Gasteiger partial charge in [-0.1, -0.05) is 0 Å². The van der Waals surface area contributed by atoms with E-state index in [1.165, 1.54) is 0 Å². The summed E-state index contributed by atoms with van der Waals surface area (Å²) >= 11 is 0. The van der Waals surface area contributed by atoms with Gasteiger partial charge in [-0.25, -0.2) is 4.79 Å². The van der Waals surface area contributed by atoms with Gasteiger partial charge in [0.15, 0.2) is 0 Å². The number of rotatable bonds is 4. The molecule has 0 unspecified atom stereocenters. The summed E-state index contributed by atoms with van der Waals surface area (Å²) in [5.41, 5.74) is 0. The van der Waals surface area contributed by atoms with Crippen molar-refractivity contribution < 1.29 is 13.9 Å². The summed E-state index contributed by atoms with van der Waals surface area (Å²) in [5, 5.41) is 2.60. The van der Waals surface area contributed by atoms with E-state index in [1.807, 2.05) is 12.1 Å². The molecule has 0 aromatic carbocycles. The van der Waals surface area contributed by atoms with E-state index in [0.29, 0.717) is 19.6 Å². The smallest absolute Gasteiger partial charge is 0.407 e. The highest BCUT2D eigenvalue weighted by Crippen LogP contribution is 1.99. The van der Waals surface area contributed by atoms with Crippen LogP contribution in [0.4, 0.5) is 4.79 Å². The van der Waals surface area contributed by atoms with E-state index in [9.17, 15) is 4.79 Å². The number of carbonyl (C=O) groups is 1. The molecule has 1 aromatic rings. The summed E-state index contributed by atoms with van der Waals surface area (Å²) in [6.45, 7) is 2.70. The highest BCUT2D eigenvalue weighted by atomic mass is 16.5. The van der Waals surface area contributed by atoms with Gasteiger partial charge in [0, 0.05) is 13.0 Å². The highest BCUT2D eigenvalue weighted by molar-refractivity contribution is 5.66. The summed E-state index contributed by atoms with van der Waals surface area (Å²) < 4.78 is 9.76. The predicted molar refractivity (Wildman–Crippen MR) is 47.4 cm³/mol. The lowest BCUT2D eigenvalue weighted by atomic mass is 10.3. The van der Waals surface area contributed by atoms with Gasteiger partial charge in [0.25, 0.3) is 0 Å². The van der Waals surface area contributed by atoms with Crippen LogP contribution in [-0.4, -0.2) is 19.2 Å². The first-order valence-electron chi connectivity index (χ1n) is 4.26. The standard InChI is InChI=1S/C9H13NO3/c1-2-12-9(11)10-6-5-8-4-3-7-13-8/h3-4,7H,2,5-6H2,1H3,(H,10,11). The first-order valence-corrected chi connectivity index (χ1v) is 4.26. The summed E-state index contributed by atoms with van der Waals surface area (Å²) in [6, 6.07) is 3.69. The van der Waals surface area contributed by atoms with Crippen LogP contribution in [0.1, 0.15) is 12.7 Å². The van der Waals surface area contributed by atoms with Crippen molar-refractivity contribution in [3.05, 3.63) is 24.2 Å². The number of ether oxygens (including phenoxy) is 1. The van der Waals surface area contributed by atoms with E-state index in [2.05, 4.69) is 10.1 Å². The molecular formula is C9H13NO3. The van der Waals surface area contributed by atoms with Crippen molar-refractivity contribution in [1.82, 2.24) is 5.32 Å². The minimum absolute atomic E-state index is 0.381. The van der Waals surface area contributed by atoms with Crippen LogP contribution < -0.4 is 5.32 Å². The topological polar surface area (TPSA) is 51.5 Å². The maximum atomic E-state index is 10.8. The second kappa shape index (κ2) is 5.24. The quantitative estimate of drug-likeness (QED) is 0.770. The molecule has 1 amide bonds. The second-order valence-electron chi connectivity index (χ2n) is 2.48. The normalized spacial score (nSPS) is 9.62. The van der Waals surface area contributed by atoms with Crippen LogP contribution in [0.2, 0.25) is 0 Å². The van der Waals surface area contributed by atoms with Crippen LogP contribution in [0.25, 0.3) is 0 Å². The third-order valence-corrected chi connectivity index (χ3v) is 1.50. The largest absolute Gasteiger partial charge is 0.469 e. The van der Waals surface area contributed by atoms with Gasteiger partial charge in [-0.15, -0.1) is 0 Å². The fourth-order valence-electron chi connectivity index (χ4n) is 0.925. The van der Waals surface area contributed by atoms with Gasteiger partial charge >= 0.3 is 6.09 Å². The summed E-state index contributed by atoms with van der Waals surface area (Å²) in [6.07, 6.45) is 1.92. The fourth-order valence-corrected chi connectivity index (χ4v) is 0.925. The zero-order valence-electron chi connectivity index (χ0n) is 7.58. The van der Waals surface area contributed by atoms with E-state index in [-0.39, 0.29) is 6.09 Å². The first kappa shape index (κ1) is 9.64. The molecule has 0 bridgehead atoms. The zero-order valence-corrected chi connectivity index (χ0v) is 7.58. The molecule has 1 rings (SSSR count). The third-order valence-electron chi connectivity index (χ3n) is 1.50. The molecule has 0 fully saturated rings. The number of amides is 1. The van der Waals surface area contributed by atoms with Crippen molar-refractivity contribution in [3.63, 3.8) is 0 Å². The summed E-state index contributed by atoms with van der Waals surface area (Å²) in [4.78, 5) is 10.8. The van der Waals surface area contributed by atoms with Crippen LogP contribution >= 0.6 is 0 Å². The minimum Gasteiger partial charge on any atom is -0.469 e. The molecule has 13 heavy (non-hydrogen) atoms. The van der Waals surface area contributed by atoms with Crippen molar-refractivity contribution in [2.45, 2.75) is 13.3 Å². The van der Waals surface area contributed by atoms with E-state index in [1.54, 1.807) is 13.2 Å². The van der Waals surface area contributed by atoms with E-state index in [0.717, 1.165) is 5.76 Å². The molecule has 72 valence electrons. The second-order valence-corrected chi connectivity index (χ2v) is 2.48. The van der Waals surface area contributed by atoms with Crippen LogP contribution in [0, 0.1) is 0 Å². The average Bonchev–Trinajstić information content (AvgIpc) is 2.57. The van der Waals surface area contributed by atoms with Crippen molar-refractivity contribution in [1.29, 1.82) is 0 Å². The Hall–Kier alpha value is -1.45. The van der Waals surface area contributed by atoms with Gasteiger partial charge in [-0.3, -0.25) is 0 Å². The summed E-state index contributed by atoms with van der Waals surface area (Å²) in [7, 11) is 0. The Balaban J connectivity index is 2.11. The molecule has 0 spiro atoms. The van der Waals surface area contributed by atoms with Crippen molar-refractivity contribution >= 4 is 6.09 Å². The van der Waals surface area contributed by atoms with Crippen LogP contribution in [0.3, 0.4) is 0 Å². The number of hydrogen-bond donors (Lipinski definition) is 1. The number of furan rings is 1. The van der Waals surface area contributed by atoms with Crippen molar-refractivity contribution in [2.24, 2.45) is 0 Å². The number of hydrogen-bond acceptors (Lipinski definition) is 3. The highest BCUT2D eigenvalue weighted by Gasteiger charge is 2.00. The molecule has 0 aliphatic heterocycles. The predicted octanol–water partition coefficient (Wildman–Crippen LogP) is 1.57. The average molecular weight is 183 g/mol. The molecule has 4 nitrogen and oxygen atoms in total. The Morgan fingerprint density at radius 1 is 1.69 bits per heavy atom. The van der Waals surface area contributed by atoms with Gasteiger partial charge < -0.3 is 14.5 Å². The van der Waals surface area contributed by atoms with Gasteiger partial charge in [0.2, 0.25) is 0 Å². The van der Waals surface area contributed by atoms with E-state index in [4.69, 9.17) is 4.42 Å². The zero-order chi connectivity index (χ0) is 9.52. The Labute approximate surface area is 76.9 Å². The van der Waals surface area contributed by atoms with Crippen LogP contribution in [0.5, 0.6) is 0 Å². The molecule has 4 heteroatoms. The van der Waals surface area contributed by atoms with Gasteiger partial charge in [0.05, 0.1) is 12.9 Å². The minimum atomic E-state index is -0.381. The van der Waals surface area contributed by atoms with Crippen molar-refractivity contribution in [2.75, 3.05) is 13.2 Å². The van der Waals surface area contributed by atoms with Crippen molar-refractivity contribution in [3.8, 4) is 0 Å². The Bertz CT molecular complexity index is 243. The maximum Gasteiger partial charge on any atom is 0.407 e. The molecule has 1 N–H and O–H groups in total. The third kappa shape index (κ3) is 3.64. The molecule has 0 radical (unpaired) electrons. The van der Waals surface area contributed by atoms with Gasteiger partial charge in [0.1, 0.15) is 5.76 Å². The monoisotopic (exact) mass is 183 g/mol. The van der Waals surface area contributed by atoms with Crippen LogP contribution in [0.15, 0.2) is 22.8 Å². The molecule has 1 heterocycles. The lowest BCUT2D eigenvalue weighted by Gasteiger charge is -2.02. The summed E-state index contributed by atoms with van der Waals surface area (Å²) in [5.74, 6) is 0.858. The molecule has 0 aliphatic carbocycles. The lowest BCUT2D eigenvalue weighted by molar-refractivity contribution is 0.152. The first-order chi connectivity index (χ1) is 6.33. The molecular weight excluding hydrogens is 170 g/mol. The molecule has 0 atom stereocenters. The SMILES string of the molecule is CCOC(=O)NCCc1ccco1. The van der Waals surface area contributed by atoms with Crippen LogP contribution in [-0.2, 0) is 11.2 Å². The Morgan fingerprint density at radius 3 is 3.15 bits per heavy atom. The maximum absolute atomic E-state index is 10.8. The lowest BCUT2D eigenvalue weighted by Crippen LogP contribution is -2.26. The molecule has 0 aliphatic rings. The number of alkyl carbamates (subject to hydrolysis) is 1. The van der Waals surface area contributed by atoms with E-state index >= 15 is 0 Å². The fraction of sp³-hybridized carbons (Fsp3) is 0.444. The van der Waals surface area contributed by atoms with E-state index < -0.39 is 0 Å². The number of nitrogens with one attached hydrogen (secondary N) is 1. The Kier molecular flexibility index (Phi) is 3.88. The van der Waals surface area contributed by atoms with Gasteiger partial charge in [-0.05, 0) is 19.1 Å². The molecule has 1 aromatic heterocycles. The number of carbonyl (C=O) groups excluding carboxylic acids is 1. The molecule has 0 saturated heterocycles.